The molecular formula is C20H31N3O3S. The Kier molecular flexibility index (Phi) is 7.26. The van der Waals surface area contributed by atoms with Crippen LogP contribution >= 0.6 is 0 Å². The minimum absolute atomic E-state index is 0.204. The van der Waals surface area contributed by atoms with E-state index in [4.69, 9.17) is 0 Å². The monoisotopic (exact) mass is 393 g/mol. The van der Waals surface area contributed by atoms with E-state index in [-0.39, 0.29) is 10.8 Å². The topological polar surface area (TPSA) is 69.7 Å². The molecule has 2 aliphatic heterocycles. The molecule has 3 rings (SSSR count). The van der Waals surface area contributed by atoms with Gasteiger partial charge in [0.25, 0.3) is 5.91 Å². The summed E-state index contributed by atoms with van der Waals surface area (Å²) in [5.41, 5.74) is 0.407. The minimum Gasteiger partial charge on any atom is -0.352 e. The Balaban J connectivity index is 1.51. The van der Waals surface area contributed by atoms with Gasteiger partial charge < -0.3 is 10.2 Å². The van der Waals surface area contributed by atoms with Crippen molar-refractivity contribution in [1.29, 1.82) is 0 Å². The highest BCUT2D eigenvalue weighted by Gasteiger charge is 2.27. The molecule has 150 valence electrons. The molecule has 2 fully saturated rings. The number of hydrogen-bond acceptors (Lipinski definition) is 4. The molecule has 0 saturated carbocycles. The number of hydrogen-bond donors (Lipinski definition) is 1. The molecule has 6 nitrogen and oxygen atoms in total. The van der Waals surface area contributed by atoms with Gasteiger partial charge in [-0.05, 0) is 69.9 Å². The minimum atomic E-state index is -3.49. The van der Waals surface area contributed by atoms with Crippen LogP contribution in [0.3, 0.4) is 0 Å². The first-order valence-corrected chi connectivity index (χ1v) is 11.6. The Labute approximate surface area is 163 Å². The van der Waals surface area contributed by atoms with Crippen LogP contribution in [0.4, 0.5) is 0 Å². The number of benzene rings is 1. The molecule has 0 aromatic heterocycles. The normalized spacial score (nSPS) is 19.7. The fourth-order valence-corrected chi connectivity index (χ4v) is 5.41. The second-order valence-electron chi connectivity index (χ2n) is 7.50. The van der Waals surface area contributed by atoms with E-state index >= 15 is 0 Å². The molecular weight excluding hydrogens is 362 g/mol. The van der Waals surface area contributed by atoms with Gasteiger partial charge in [0.15, 0.2) is 0 Å². The summed E-state index contributed by atoms with van der Waals surface area (Å²) in [5, 5.41) is 2.93. The third-order valence-electron chi connectivity index (χ3n) is 5.43. The lowest BCUT2D eigenvalue weighted by Gasteiger charge is -2.19. The number of rotatable bonds is 7. The number of carbonyl (C=O) groups excluding carboxylic acids is 1. The van der Waals surface area contributed by atoms with Gasteiger partial charge in [0.2, 0.25) is 10.0 Å². The Morgan fingerprint density at radius 3 is 2.33 bits per heavy atom. The predicted molar refractivity (Wildman–Crippen MR) is 106 cm³/mol. The summed E-state index contributed by atoms with van der Waals surface area (Å²) in [6, 6.07) is 6.39. The van der Waals surface area contributed by atoms with Gasteiger partial charge >= 0.3 is 0 Å². The first kappa shape index (κ1) is 20.3. The number of likely N-dealkylation sites (tertiary alicyclic amines) is 1. The van der Waals surface area contributed by atoms with Crippen LogP contribution in [0.5, 0.6) is 0 Å². The molecule has 1 aromatic carbocycles. The lowest BCUT2D eigenvalue weighted by Crippen LogP contribution is -2.31. The van der Waals surface area contributed by atoms with E-state index in [1.165, 1.54) is 36.1 Å². The standard InChI is InChI=1S/C20H31N3O3S/c24-20(21-11-8-14-22-12-3-1-2-4-13-22)18-9-7-10-19(17-18)27(25,26)23-15-5-6-16-23/h7,9-10,17H,1-6,8,11-16H2,(H,21,24). The van der Waals surface area contributed by atoms with E-state index in [0.717, 1.165) is 38.9 Å². The van der Waals surface area contributed by atoms with Crippen molar-refractivity contribution in [3.8, 4) is 0 Å². The summed E-state index contributed by atoms with van der Waals surface area (Å²) in [6.07, 6.45) is 7.90. The summed E-state index contributed by atoms with van der Waals surface area (Å²) >= 11 is 0. The van der Waals surface area contributed by atoms with E-state index in [1.54, 1.807) is 18.2 Å². The summed E-state index contributed by atoms with van der Waals surface area (Å²) in [7, 11) is -3.49. The van der Waals surface area contributed by atoms with Crippen LogP contribution < -0.4 is 5.32 Å². The summed E-state index contributed by atoms with van der Waals surface area (Å²) in [4.78, 5) is 15.1. The largest absolute Gasteiger partial charge is 0.352 e. The van der Waals surface area contributed by atoms with Crippen molar-refractivity contribution in [3.05, 3.63) is 29.8 Å². The summed E-state index contributed by atoms with van der Waals surface area (Å²) in [5.74, 6) is -0.204. The SMILES string of the molecule is O=C(NCCCN1CCCCCC1)c1cccc(S(=O)(=O)N2CCCC2)c1. The van der Waals surface area contributed by atoms with Crippen LogP contribution in [0.1, 0.15) is 55.3 Å². The van der Waals surface area contributed by atoms with Crippen LogP contribution in [0, 0.1) is 0 Å². The van der Waals surface area contributed by atoms with E-state index < -0.39 is 10.0 Å². The molecule has 1 aromatic rings. The number of nitrogens with one attached hydrogen (secondary N) is 1. The molecule has 2 aliphatic rings. The van der Waals surface area contributed by atoms with Crippen LogP contribution in [-0.2, 0) is 10.0 Å². The Bertz CT molecular complexity index is 722. The van der Waals surface area contributed by atoms with Gasteiger partial charge in [0.1, 0.15) is 0 Å². The maximum atomic E-state index is 12.7. The van der Waals surface area contributed by atoms with Crippen LogP contribution in [0.2, 0.25) is 0 Å². The van der Waals surface area contributed by atoms with Crippen molar-refractivity contribution in [3.63, 3.8) is 0 Å². The fourth-order valence-electron chi connectivity index (χ4n) is 3.84. The van der Waals surface area contributed by atoms with Crippen molar-refractivity contribution < 1.29 is 13.2 Å². The third-order valence-corrected chi connectivity index (χ3v) is 7.33. The van der Waals surface area contributed by atoms with Gasteiger partial charge in [-0.1, -0.05) is 18.9 Å². The summed E-state index contributed by atoms with van der Waals surface area (Å²) < 4.78 is 26.8. The number of nitrogens with zero attached hydrogens (tertiary/aromatic N) is 2. The third kappa shape index (κ3) is 5.53. The molecule has 0 radical (unpaired) electrons. The van der Waals surface area contributed by atoms with Gasteiger partial charge in [-0.2, -0.15) is 4.31 Å². The maximum Gasteiger partial charge on any atom is 0.251 e. The van der Waals surface area contributed by atoms with Crippen molar-refractivity contribution >= 4 is 15.9 Å². The Hall–Kier alpha value is -1.44. The zero-order chi connectivity index (χ0) is 19.1. The molecule has 2 saturated heterocycles. The Morgan fingerprint density at radius 2 is 1.63 bits per heavy atom. The fraction of sp³-hybridized carbons (Fsp3) is 0.650. The molecule has 0 unspecified atom stereocenters. The molecule has 0 spiro atoms. The van der Waals surface area contributed by atoms with Crippen molar-refractivity contribution in [2.75, 3.05) is 39.3 Å². The van der Waals surface area contributed by atoms with Gasteiger partial charge in [0.05, 0.1) is 4.90 Å². The maximum absolute atomic E-state index is 12.7. The lowest BCUT2D eigenvalue weighted by atomic mass is 10.2. The highest BCUT2D eigenvalue weighted by atomic mass is 32.2. The van der Waals surface area contributed by atoms with Gasteiger partial charge in [-0.15, -0.1) is 0 Å². The highest BCUT2D eigenvalue weighted by molar-refractivity contribution is 7.89. The number of sulfonamides is 1. The molecule has 1 amide bonds. The molecule has 7 heteroatoms. The molecule has 2 heterocycles. The van der Waals surface area contributed by atoms with Crippen LogP contribution in [-0.4, -0.2) is 62.8 Å². The van der Waals surface area contributed by atoms with Crippen molar-refractivity contribution in [2.45, 2.75) is 49.8 Å². The number of amides is 1. The van der Waals surface area contributed by atoms with E-state index in [0.29, 0.717) is 25.2 Å². The first-order chi connectivity index (χ1) is 13.1. The molecule has 1 N–H and O–H groups in total. The predicted octanol–water partition coefficient (Wildman–Crippen LogP) is 2.47. The van der Waals surface area contributed by atoms with Gasteiger partial charge in [-0.3, -0.25) is 4.79 Å². The highest BCUT2D eigenvalue weighted by Crippen LogP contribution is 2.21. The lowest BCUT2D eigenvalue weighted by molar-refractivity contribution is 0.0951. The van der Waals surface area contributed by atoms with Crippen molar-refractivity contribution in [2.24, 2.45) is 0 Å². The van der Waals surface area contributed by atoms with Gasteiger partial charge in [0, 0.05) is 25.2 Å². The molecule has 27 heavy (non-hydrogen) atoms. The van der Waals surface area contributed by atoms with Crippen LogP contribution in [0.25, 0.3) is 0 Å². The smallest absolute Gasteiger partial charge is 0.251 e. The number of carbonyl (C=O) groups is 1. The quantitative estimate of drug-likeness (QED) is 0.723. The van der Waals surface area contributed by atoms with E-state index in [1.807, 2.05) is 0 Å². The second-order valence-corrected chi connectivity index (χ2v) is 9.44. The summed E-state index contributed by atoms with van der Waals surface area (Å²) in [6.45, 7) is 5.06. The zero-order valence-electron chi connectivity index (χ0n) is 16.0. The van der Waals surface area contributed by atoms with Crippen LogP contribution in [0.15, 0.2) is 29.2 Å². The molecule has 0 bridgehead atoms. The molecule has 0 aliphatic carbocycles. The van der Waals surface area contributed by atoms with E-state index in [2.05, 4.69) is 10.2 Å². The first-order valence-electron chi connectivity index (χ1n) is 10.2. The van der Waals surface area contributed by atoms with Gasteiger partial charge in [-0.25, -0.2) is 8.42 Å². The zero-order valence-corrected chi connectivity index (χ0v) is 16.8. The average molecular weight is 394 g/mol. The van der Waals surface area contributed by atoms with Crippen molar-refractivity contribution in [1.82, 2.24) is 14.5 Å². The molecule has 0 atom stereocenters. The van der Waals surface area contributed by atoms with E-state index in [9.17, 15) is 13.2 Å². The average Bonchev–Trinajstić information content (AvgIpc) is 3.11. The Morgan fingerprint density at radius 1 is 0.963 bits per heavy atom. The second kappa shape index (κ2) is 9.66.